The van der Waals surface area contributed by atoms with E-state index in [1.165, 1.54) is 23.1 Å². The summed E-state index contributed by atoms with van der Waals surface area (Å²) in [6.45, 7) is 1.83. The number of aromatic nitrogens is 2. The summed E-state index contributed by atoms with van der Waals surface area (Å²) in [6, 6.07) is 13.4. The van der Waals surface area contributed by atoms with Crippen molar-refractivity contribution in [2.75, 3.05) is 26.0 Å². The molecule has 39 heavy (non-hydrogen) atoms. The van der Waals surface area contributed by atoms with Gasteiger partial charge in [-0.15, -0.1) is 0 Å². The van der Waals surface area contributed by atoms with Crippen molar-refractivity contribution < 1.29 is 28.2 Å². The van der Waals surface area contributed by atoms with Gasteiger partial charge in [0.05, 0.1) is 23.5 Å². The number of phenolic OH excluding ortho intramolecular Hbond substituents is 1. The van der Waals surface area contributed by atoms with Gasteiger partial charge in [-0.3, -0.25) is 4.79 Å². The number of benzene rings is 3. The van der Waals surface area contributed by atoms with E-state index in [9.17, 15) is 18.7 Å². The number of likely N-dealkylation sites (N-methyl/N-ethyl adjacent to an activating group) is 1. The van der Waals surface area contributed by atoms with E-state index in [1.807, 2.05) is 12.1 Å². The van der Waals surface area contributed by atoms with Crippen LogP contribution < -0.4 is 5.32 Å². The number of amides is 1. The van der Waals surface area contributed by atoms with Gasteiger partial charge in [-0.2, -0.15) is 8.78 Å². The second-order valence-electron chi connectivity index (χ2n) is 9.60. The Morgan fingerprint density at radius 3 is 2.46 bits per heavy atom. The van der Waals surface area contributed by atoms with Crippen LogP contribution in [0.15, 0.2) is 54.6 Å². The Hall–Kier alpha value is -4.18. The maximum Gasteiger partial charge on any atom is 0.298 e. The number of carbonyl (C=O) groups is 1. The van der Waals surface area contributed by atoms with E-state index >= 15 is 4.39 Å². The number of nitrogens with one attached hydrogen (secondary N) is 1. The minimum absolute atomic E-state index is 0.00469. The highest BCUT2D eigenvalue weighted by Crippen LogP contribution is 2.35. The summed E-state index contributed by atoms with van der Waals surface area (Å²) in [4.78, 5) is 22.6. The zero-order valence-corrected chi connectivity index (χ0v) is 22.0. The van der Waals surface area contributed by atoms with E-state index in [-0.39, 0.29) is 23.6 Å². The molecule has 10 heteroatoms. The minimum atomic E-state index is -3.72. The van der Waals surface area contributed by atoms with Gasteiger partial charge in [0.15, 0.2) is 0 Å². The molecule has 0 saturated heterocycles. The number of aryl methyl sites for hydroxylation is 1. The molecule has 0 aliphatic carbocycles. The molecule has 0 unspecified atom stereocenters. The van der Waals surface area contributed by atoms with Crippen molar-refractivity contribution in [1.82, 2.24) is 14.9 Å². The van der Waals surface area contributed by atoms with Crippen LogP contribution in [-0.4, -0.2) is 51.7 Å². The third kappa shape index (κ3) is 5.80. The van der Waals surface area contributed by atoms with Gasteiger partial charge in [-0.1, -0.05) is 24.3 Å². The molecule has 1 amide bonds. The smallest absolute Gasteiger partial charge is 0.298 e. The summed E-state index contributed by atoms with van der Waals surface area (Å²) < 4.78 is 43.2. The SMILES string of the molecule is Cc1nc(N[C@H](C)c2cccc(C(F)(F)CO)c2F)c2cc(-c3ccc(O)c(CC(=O)N(C)C)c3)ccc2n1. The zero-order valence-electron chi connectivity index (χ0n) is 22.0. The summed E-state index contributed by atoms with van der Waals surface area (Å²) in [5.74, 6) is -4.12. The quantitative estimate of drug-likeness (QED) is 0.280. The minimum Gasteiger partial charge on any atom is -0.508 e. The number of phenols is 1. The highest BCUT2D eigenvalue weighted by atomic mass is 19.3. The van der Waals surface area contributed by atoms with E-state index in [0.717, 1.165) is 17.2 Å². The number of anilines is 1. The van der Waals surface area contributed by atoms with Crippen molar-refractivity contribution in [3.05, 3.63) is 82.9 Å². The van der Waals surface area contributed by atoms with Crippen LogP contribution in [0, 0.1) is 12.7 Å². The molecule has 7 nitrogen and oxygen atoms in total. The summed E-state index contributed by atoms with van der Waals surface area (Å²) in [5.41, 5.74) is 1.73. The molecule has 0 bridgehead atoms. The number of aliphatic hydroxyl groups excluding tert-OH is 1. The molecule has 3 N–H and O–H groups in total. The Morgan fingerprint density at radius 1 is 1.08 bits per heavy atom. The van der Waals surface area contributed by atoms with Crippen molar-refractivity contribution in [3.63, 3.8) is 0 Å². The average Bonchev–Trinajstić information content (AvgIpc) is 2.89. The first-order chi connectivity index (χ1) is 18.4. The Bertz CT molecular complexity index is 1540. The molecule has 204 valence electrons. The predicted octanol–water partition coefficient (Wildman–Crippen LogP) is 5.34. The number of carbonyl (C=O) groups excluding carboxylic acids is 1. The fraction of sp³-hybridized carbons (Fsp3) is 0.276. The monoisotopic (exact) mass is 538 g/mol. The average molecular weight is 539 g/mol. The lowest BCUT2D eigenvalue weighted by Gasteiger charge is -2.21. The standard InChI is InChI=1S/C29H29F3N4O3/c1-16(21-6-5-7-23(27(21)30)29(31,32)15-37)33-28-22-13-19(8-10-24(22)34-17(2)35-28)18-9-11-25(38)20(12-18)14-26(39)36(3)4/h5-13,16,37-38H,14-15H2,1-4H3,(H,33,34,35)/t16-/m1/s1. The number of aromatic hydroxyl groups is 1. The fourth-order valence-electron chi connectivity index (χ4n) is 4.30. The number of hydrogen-bond donors (Lipinski definition) is 3. The topological polar surface area (TPSA) is 98.6 Å². The van der Waals surface area contributed by atoms with Crippen LogP contribution >= 0.6 is 0 Å². The summed E-state index contributed by atoms with van der Waals surface area (Å²) in [5, 5.41) is 23.0. The van der Waals surface area contributed by atoms with Gasteiger partial charge < -0.3 is 20.4 Å². The Kier molecular flexibility index (Phi) is 7.78. The Morgan fingerprint density at radius 2 is 1.77 bits per heavy atom. The largest absolute Gasteiger partial charge is 0.508 e. The number of rotatable bonds is 8. The number of halogens is 3. The predicted molar refractivity (Wildman–Crippen MR) is 143 cm³/mol. The van der Waals surface area contributed by atoms with Crippen LogP contribution in [0.3, 0.4) is 0 Å². The van der Waals surface area contributed by atoms with E-state index < -0.39 is 30.0 Å². The third-order valence-corrected chi connectivity index (χ3v) is 6.50. The van der Waals surface area contributed by atoms with Crippen LogP contribution in [-0.2, 0) is 17.1 Å². The lowest BCUT2D eigenvalue weighted by Crippen LogP contribution is -2.23. The summed E-state index contributed by atoms with van der Waals surface area (Å²) in [6.07, 6.45) is 0.0346. The van der Waals surface area contributed by atoms with Crippen molar-refractivity contribution in [2.24, 2.45) is 0 Å². The second kappa shape index (κ2) is 10.9. The first-order valence-corrected chi connectivity index (χ1v) is 12.3. The maximum atomic E-state index is 15.1. The lowest BCUT2D eigenvalue weighted by atomic mass is 9.98. The molecule has 0 radical (unpaired) electrons. The van der Waals surface area contributed by atoms with E-state index in [4.69, 9.17) is 5.11 Å². The number of nitrogens with zero attached hydrogens (tertiary/aromatic N) is 3. The van der Waals surface area contributed by atoms with Crippen molar-refractivity contribution >= 4 is 22.6 Å². The number of hydrogen-bond acceptors (Lipinski definition) is 6. The first kappa shape index (κ1) is 27.8. The number of aliphatic hydroxyl groups is 1. The van der Waals surface area contributed by atoms with E-state index in [2.05, 4.69) is 15.3 Å². The molecule has 3 aromatic carbocycles. The Balaban J connectivity index is 1.73. The molecule has 4 rings (SSSR count). The lowest BCUT2D eigenvalue weighted by molar-refractivity contribution is -0.128. The molecular formula is C29H29F3N4O3. The van der Waals surface area contributed by atoms with Gasteiger partial charge in [0.25, 0.3) is 5.92 Å². The summed E-state index contributed by atoms with van der Waals surface area (Å²) in [7, 11) is 3.29. The van der Waals surface area contributed by atoms with Crippen molar-refractivity contribution in [3.8, 4) is 16.9 Å². The molecule has 0 fully saturated rings. The molecule has 0 aliphatic heterocycles. The maximum absolute atomic E-state index is 15.1. The van der Waals surface area contributed by atoms with Gasteiger partial charge in [0, 0.05) is 30.6 Å². The normalized spacial score (nSPS) is 12.4. The van der Waals surface area contributed by atoms with Crippen LogP contribution in [0.2, 0.25) is 0 Å². The molecule has 4 aromatic rings. The molecule has 1 aromatic heterocycles. The molecule has 0 saturated carbocycles. The highest BCUT2D eigenvalue weighted by molar-refractivity contribution is 5.93. The van der Waals surface area contributed by atoms with Gasteiger partial charge >= 0.3 is 0 Å². The molecule has 0 spiro atoms. The van der Waals surface area contributed by atoms with Gasteiger partial charge in [-0.05, 0) is 55.3 Å². The van der Waals surface area contributed by atoms with Gasteiger partial charge in [0.1, 0.15) is 29.8 Å². The summed E-state index contributed by atoms with van der Waals surface area (Å²) >= 11 is 0. The molecule has 0 aliphatic rings. The fourth-order valence-corrected chi connectivity index (χ4v) is 4.30. The number of alkyl halides is 2. The molecule has 1 heterocycles. The highest BCUT2D eigenvalue weighted by Gasteiger charge is 2.35. The first-order valence-electron chi connectivity index (χ1n) is 12.3. The van der Waals surface area contributed by atoms with Crippen LogP contribution in [0.25, 0.3) is 22.0 Å². The number of fused-ring (bicyclic) bond motifs is 1. The Labute approximate surface area is 224 Å². The van der Waals surface area contributed by atoms with E-state index in [0.29, 0.717) is 28.1 Å². The van der Waals surface area contributed by atoms with Crippen molar-refractivity contribution in [2.45, 2.75) is 32.2 Å². The zero-order chi connectivity index (χ0) is 28.5. The third-order valence-electron chi connectivity index (χ3n) is 6.50. The van der Waals surface area contributed by atoms with Crippen LogP contribution in [0.4, 0.5) is 19.0 Å². The van der Waals surface area contributed by atoms with Crippen LogP contribution in [0.1, 0.15) is 35.5 Å². The molecular weight excluding hydrogens is 509 g/mol. The molecule has 1 atom stereocenters. The second-order valence-corrected chi connectivity index (χ2v) is 9.60. The van der Waals surface area contributed by atoms with E-state index in [1.54, 1.807) is 46.1 Å². The van der Waals surface area contributed by atoms with Crippen LogP contribution in [0.5, 0.6) is 5.75 Å². The van der Waals surface area contributed by atoms with Crippen molar-refractivity contribution in [1.29, 1.82) is 0 Å². The van der Waals surface area contributed by atoms with Gasteiger partial charge in [0.2, 0.25) is 5.91 Å². The van der Waals surface area contributed by atoms with Gasteiger partial charge in [-0.25, -0.2) is 14.4 Å².